The summed E-state index contributed by atoms with van der Waals surface area (Å²) in [6.45, 7) is 2.58. The van der Waals surface area contributed by atoms with Crippen LogP contribution in [0.3, 0.4) is 0 Å². The van der Waals surface area contributed by atoms with Crippen LogP contribution in [0.2, 0.25) is 0 Å². The molecule has 33 heavy (non-hydrogen) atoms. The van der Waals surface area contributed by atoms with E-state index in [9.17, 15) is 4.79 Å². The molecule has 1 aliphatic rings. The van der Waals surface area contributed by atoms with Gasteiger partial charge in [0.05, 0.1) is 25.8 Å². The molecule has 3 aromatic rings. The number of ether oxygens (including phenoxy) is 2. The summed E-state index contributed by atoms with van der Waals surface area (Å²) in [5, 5.41) is 7.68. The first-order valence-corrected chi connectivity index (χ1v) is 11.0. The fraction of sp³-hybridized carbons (Fsp3) is 0.308. The molecule has 0 bridgehead atoms. The molecule has 1 N–H and O–H groups in total. The van der Waals surface area contributed by atoms with Crippen LogP contribution in [0, 0.1) is 0 Å². The smallest absolute Gasteiger partial charge is 0.230 e. The number of methoxy groups -OCH3 is 2. The first-order valence-electron chi connectivity index (χ1n) is 11.0. The Labute approximate surface area is 194 Å². The highest BCUT2D eigenvalue weighted by Crippen LogP contribution is 2.28. The van der Waals surface area contributed by atoms with Crippen LogP contribution in [0.1, 0.15) is 28.3 Å². The lowest BCUT2D eigenvalue weighted by atomic mass is 9.95. The maximum Gasteiger partial charge on any atom is 0.230 e. The van der Waals surface area contributed by atoms with Gasteiger partial charge >= 0.3 is 0 Å². The fourth-order valence-corrected chi connectivity index (χ4v) is 4.15. The van der Waals surface area contributed by atoms with Crippen LogP contribution in [-0.4, -0.2) is 47.9 Å². The Bertz CT molecular complexity index is 1120. The molecule has 7 heteroatoms. The van der Waals surface area contributed by atoms with Crippen LogP contribution >= 0.6 is 0 Å². The van der Waals surface area contributed by atoms with Crippen molar-refractivity contribution in [2.75, 3.05) is 27.3 Å². The van der Waals surface area contributed by atoms with Gasteiger partial charge in [0.2, 0.25) is 5.91 Å². The number of rotatable bonds is 8. The topological polar surface area (TPSA) is 68.6 Å². The van der Waals surface area contributed by atoms with Gasteiger partial charge in [-0.1, -0.05) is 42.5 Å². The lowest BCUT2D eigenvalue weighted by molar-refractivity contribution is -0.123. The number of aromatic nitrogens is 2. The molecule has 1 amide bonds. The summed E-state index contributed by atoms with van der Waals surface area (Å²) in [6.07, 6.45) is 6.19. The second kappa shape index (κ2) is 10.4. The van der Waals surface area contributed by atoms with Crippen LogP contribution in [0.15, 0.2) is 60.8 Å². The van der Waals surface area contributed by atoms with E-state index < -0.39 is 0 Å². The van der Waals surface area contributed by atoms with E-state index in [1.807, 2.05) is 61.8 Å². The number of amides is 1. The number of para-hydroxylation sites is 1. The maximum absolute atomic E-state index is 13.1. The number of fused-ring (bicyclic) bond motifs is 1. The van der Waals surface area contributed by atoms with Crippen LogP contribution in [0.5, 0.6) is 11.5 Å². The largest absolute Gasteiger partial charge is 0.497 e. The van der Waals surface area contributed by atoms with Gasteiger partial charge in [-0.2, -0.15) is 5.10 Å². The van der Waals surface area contributed by atoms with Crippen molar-refractivity contribution in [3.8, 4) is 11.5 Å². The molecule has 0 aliphatic carbocycles. The molecule has 4 rings (SSSR count). The Hall–Kier alpha value is -3.58. The van der Waals surface area contributed by atoms with Gasteiger partial charge in [-0.15, -0.1) is 0 Å². The second-order valence-corrected chi connectivity index (χ2v) is 8.17. The molecule has 0 saturated carbocycles. The van der Waals surface area contributed by atoms with Crippen molar-refractivity contribution >= 4 is 12.0 Å². The lowest BCUT2D eigenvalue weighted by Gasteiger charge is -2.30. The zero-order valence-electron chi connectivity index (χ0n) is 19.3. The summed E-state index contributed by atoms with van der Waals surface area (Å²) in [7, 11) is 5.22. The van der Waals surface area contributed by atoms with Crippen LogP contribution in [-0.2, 0) is 24.9 Å². The number of carbonyl (C=O) groups excluding carboxylic acids is 1. The van der Waals surface area contributed by atoms with E-state index in [-0.39, 0.29) is 11.8 Å². The van der Waals surface area contributed by atoms with Crippen molar-refractivity contribution in [3.63, 3.8) is 0 Å². The Balaban J connectivity index is 1.43. The van der Waals surface area contributed by atoms with E-state index >= 15 is 0 Å². The van der Waals surface area contributed by atoms with E-state index in [0.29, 0.717) is 13.1 Å². The first-order chi connectivity index (χ1) is 16.1. The predicted octanol–water partition coefficient (Wildman–Crippen LogP) is 3.37. The van der Waals surface area contributed by atoms with E-state index in [1.165, 1.54) is 0 Å². The van der Waals surface area contributed by atoms with Crippen molar-refractivity contribution < 1.29 is 14.3 Å². The average molecular weight is 447 g/mol. The molecule has 7 nitrogen and oxygen atoms in total. The molecule has 1 aromatic heterocycles. The van der Waals surface area contributed by atoms with E-state index in [0.717, 1.165) is 47.0 Å². The summed E-state index contributed by atoms with van der Waals surface area (Å²) in [6, 6.07) is 15.6. The number of nitrogens with zero attached hydrogens (tertiary/aromatic N) is 3. The number of nitrogens with one attached hydrogen (secondary N) is 1. The molecule has 1 atom stereocenters. The third-order valence-electron chi connectivity index (χ3n) is 5.84. The number of aryl methyl sites for hydroxylation is 1. The van der Waals surface area contributed by atoms with E-state index in [2.05, 4.69) is 27.5 Å². The molecule has 172 valence electrons. The highest BCUT2D eigenvalue weighted by Gasteiger charge is 2.32. The van der Waals surface area contributed by atoms with Crippen LogP contribution in [0.25, 0.3) is 6.08 Å². The quantitative estimate of drug-likeness (QED) is 0.575. The summed E-state index contributed by atoms with van der Waals surface area (Å²) in [4.78, 5) is 15.4. The first kappa shape index (κ1) is 22.6. The number of carbonyl (C=O) groups is 1. The van der Waals surface area contributed by atoms with E-state index in [1.54, 1.807) is 18.9 Å². The zero-order valence-corrected chi connectivity index (χ0v) is 19.3. The van der Waals surface area contributed by atoms with Crippen molar-refractivity contribution in [3.05, 3.63) is 83.2 Å². The Morgan fingerprint density at radius 1 is 1.15 bits per heavy atom. The Morgan fingerprint density at radius 2 is 1.94 bits per heavy atom. The van der Waals surface area contributed by atoms with Gasteiger partial charge in [0.1, 0.15) is 11.5 Å². The standard InChI is InChI=1S/C26H30N4O3/c1-29-16-21-17-30(14-6-8-20-7-4-5-9-24(20)33-3)18-23(25(21)28-29)26(31)27-15-19-10-12-22(32-2)13-11-19/h4-13,16,23H,14-15,17-18H2,1-3H3,(H,27,31)/b8-6+. The molecular formula is C26H30N4O3. The van der Waals surface area contributed by atoms with Gasteiger partial charge in [0.15, 0.2) is 0 Å². The van der Waals surface area contributed by atoms with Crippen molar-refractivity contribution in [2.45, 2.75) is 19.0 Å². The monoisotopic (exact) mass is 446 g/mol. The Kier molecular flexibility index (Phi) is 7.10. The molecule has 0 spiro atoms. The van der Waals surface area contributed by atoms with Gasteiger partial charge in [-0.3, -0.25) is 14.4 Å². The maximum atomic E-state index is 13.1. The average Bonchev–Trinajstić information content (AvgIpc) is 3.22. The Morgan fingerprint density at radius 3 is 2.70 bits per heavy atom. The van der Waals surface area contributed by atoms with Gasteiger partial charge in [-0.25, -0.2) is 0 Å². The normalized spacial score (nSPS) is 15.9. The van der Waals surface area contributed by atoms with Crippen molar-refractivity contribution in [1.82, 2.24) is 20.0 Å². The fourth-order valence-electron chi connectivity index (χ4n) is 4.15. The molecule has 1 unspecified atom stereocenters. The molecule has 0 fully saturated rings. The molecule has 0 saturated heterocycles. The highest BCUT2D eigenvalue weighted by molar-refractivity contribution is 5.84. The molecule has 0 radical (unpaired) electrons. The minimum Gasteiger partial charge on any atom is -0.497 e. The van der Waals surface area contributed by atoms with Crippen molar-refractivity contribution in [2.24, 2.45) is 7.05 Å². The van der Waals surface area contributed by atoms with Gasteiger partial charge in [-0.05, 0) is 23.8 Å². The molecule has 2 aromatic carbocycles. The van der Waals surface area contributed by atoms with Crippen LogP contribution < -0.4 is 14.8 Å². The van der Waals surface area contributed by atoms with E-state index in [4.69, 9.17) is 9.47 Å². The van der Waals surface area contributed by atoms with Gasteiger partial charge < -0.3 is 14.8 Å². The zero-order chi connectivity index (χ0) is 23.2. The van der Waals surface area contributed by atoms with Crippen LogP contribution in [0.4, 0.5) is 0 Å². The third kappa shape index (κ3) is 5.43. The summed E-state index contributed by atoms with van der Waals surface area (Å²) in [5.74, 6) is 1.32. The number of hydrogen-bond acceptors (Lipinski definition) is 5. The SMILES string of the molecule is COc1ccc(CNC(=O)C2CN(C/C=C/c3ccccc3OC)Cc3cn(C)nc32)cc1. The molecule has 2 heterocycles. The van der Waals surface area contributed by atoms with Gasteiger partial charge in [0, 0.05) is 50.6 Å². The third-order valence-corrected chi connectivity index (χ3v) is 5.84. The van der Waals surface area contributed by atoms with Gasteiger partial charge in [0.25, 0.3) is 0 Å². The summed E-state index contributed by atoms with van der Waals surface area (Å²) >= 11 is 0. The molecular weight excluding hydrogens is 416 g/mol. The number of benzene rings is 2. The molecule has 1 aliphatic heterocycles. The minimum absolute atomic E-state index is 0.0100. The lowest BCUT2D eigenvalue weighted by Crippen LogP contribution is -2.41. The van der Waals surface area contributed by atoms with Crippen molar-refractivity contribution in [1.29, 1.82) is 0 Å². The number of hydrogen-bond donors (Lipinski definition) is 1. The minimum atomic E-state index is -0.312. The summed E-state index contributed by atoms with van der Waals surface area (Å²) in [5.41, 5.74) is 4.03. The predicted molar refractivity (Wildman–Crippen MR) is 128 cm³/mol. The summed E-state index contributed by atoms with van der Waals surface area (Å²) < 4.78 is 12.4. The second-order valence-electron chi connectivity index (χ2n) is 8.17. The highest BCUT2D eigenvalue weighted by atomic mass is 16.5.